The number of aromatic nitrogens is 3. The van der Waals surface area contributed by atoms with Crippen LogP contribution < -0.4 is 10.1 Å². The van der Waals surface area contributed by atoms with Crippen molar-refractivity contribution in [3.63, 3.8) is 0 Å². The first-order chi connectivity index (χ1) is 13.8. The molecule has 2 aromatic heterocycles. The summed E-state index contributed by atoms with van der Waals surface area (Å²) in [6.07, 6.45) is 1.77. The fourth-order valence-corrected chi connectivity index (χ4v) is 3.30. The lowest BCUT2D eigenvalue weighted by atomic mass is 9.93. The molecule has 3 aromatic rings. The summed E-state index contributed by atoms with van der Waals surface area (Å²) in [5.74, 6) is 0.00423. The van der Waals surface area contributed by atoms with E-state index in [4.69, 9.17) is 4.74 Å². The Morgan fingerprint density at radius 2 is 2.07 bits per heavy atom. The largest absolute Gasteiger partial charge is 0.496 e. The molecule has 6 nitrogen and oxygen atoms in total. The zero-order chi connectivity index (χ0) is 20.6. The van der Waals surface area contributed by atoms with Gasteiger partial charge in [0.2, 0.25) is 5.91 Å². The van der Waals surface area contributed by atoms with Crippen molar-refractivity contribution in [1.82, 2.24) is 19.9 Å². The van der Waals surface area contributed by atoms with Crippen LogP contribution in [0.15, 0.2) is 36.8 Å². The average molecular weight is 404 g/mol. The smallest absolute Gasteiger partial charge is 0.416 e. The van der Waals surface area contributed by atoms with E-state index in [1.807, 2.05) is 0 Å². The third-order valence-corrected chi connectivity index (χ3v) is 5.08. The Morgan fingerprint density at radius 1 is 1.28 bits per heavy atom. The van der Waals surface area contributed by atoms with Crippen LogP contribution in [0.2, 0.25) is 0 Å². The van der Waals surface area contributed by atoms with Gasteiger partial charge in [-0.1, -0.05) is 0 Å². The number of nitrogens with zero attached hydrogens (tertiary/aromatic N) is 3. The van der Waals surface area contributed by atoms with Gasteiger partial charge in [-0.15, -0.1) is 0 Å². The molecule has 1 aliphatic carbocycles. The van der Waals surface area contributed by atoms with Crippen LogP contribution in [0.25, 0.3) is 22.3 Å². The minimum absolute atomic E-state index is 0.0933. The summed E-state index contributed by atoms with van der Waals surface area (Å²) >= 11 is 0. The predicted octanol–water partition coefficient (Wildman–Crippen LogP) is 3.79. The van der Waals surface area contributed by atoms with Gasteiger partial charge in [-0.2, -0.15) is 13.2 Å². The summed E-state index contributed by atoms with van der Waals surface area (Å²) in [5.41, 5.74) is 1.34. The van der Waals surface area contributed by atoms with Gasteiger partial charge in [0, 0.05) is 23.4 Å². The number of amides is 1. The second-order valence-corrected chi connectivity index (χ2v) is 7.05. The number of alkyl halides is 3. The summed E-state index contributed by atoms with van der Waals surface area (Å²) < 4.78 is 45.6. The van der Waals surface area contributed by atoms with Gasteiger partial charge in [0.1, 0.15) is 17.8 Å². The van der Waals surface area contributed by atoms with Crippen LogP contribution in [-0.2, 0) is 17.5 Å². The molecular formula is C20H19F3N4O2. The summed E-state index contributed by atoms with van der Waals surface area (Å²) in [4.78, 5) is 20.8. The molecular weight excluding hydrogens is 385 g/mol. The number of benzene rings is 1. The summed E-state index contributed by atoms with van der Waals surface area (Å²) in [6.45, 7) is 0.114. The highest BCUT2D eigenvalue weighted by molar-refractivity contribution is 5.82. The van der Waals surface area contributed by atoms with Crippen molar-refractivity contribution in [2.24, 2.45) is 0 Å². The van der Waals surface area contributed by atoms with Gasteiger partial charge in [0.15, 0.2) is 5.65 Å². The zero-order valence-corrected chi connectivity index (χ0v) is 15.7. The number of carbonyl (C=O) groups excluding carboxylic acids is 1. The fourth-order valence-electron chi connectivity index (χ4n) is 3.30. The minimum Gasteiger partial charge on any atom is -0.496 e. The number of fused-ring (bicyclic) bond motifs is 1. The number of nitrogens with one attached hydrogen (secondary N) is 1. The maximum Gasteiger partial charge on any atom is 0.416 e. The Hall–Kier alpha value is -3.10. The van der Waals surface area contributed by atoms with Crippen molar-refractivity contribution in [3.05, 3.63) is 42.4 Å². The lowest BCUT2D eigenvalue weighted by Gasteiger charge is -2.26. The molecule has 1 N–H and O–H groups in total. The second kappa shape index (κ2) is 7.38. The summed E-state index contributed by atoms with van der Waals surface area (Å²) in [5, 5.41) is 2.97. The van der Waals surface area contributed by atoms with Crippen LogP contribution >= 0.6 is 0 Å². The van der Waals surface area contributed by atoms with Crippen LogP contribution in [0.3, 0.4) is 0 Å². The number of pyridine rings is 1. The highest BCUT2D eigenvalue weighted by Gasteiger charge is 2.31. The third kappa shape index (κ3) is 3.90. The summed E-state index contributed by atoms with van der Waals surface area (Å²) in [7, 11) is 1.32. The Balaban J connectivity index is 1.60. The van der Waals surface area contributed by atoms with E-state index in [-0.39, 0.29) is 24.2 Å². The number of rotatable bonds is 5. The molecule has 4 rings (SSSR count). The molecule has 29 heavy (non-hydrogen) atoms. The normalized spacial score (nSPS) is 14.6. The molecule has 0 radical (unpaired) electrons. The molecule has 0 bridgehead atoms. The number of hydrogen-bond acceptors (Lipinski definition) is 4. The first kappa shape index (κ1) is 19.2. The number of methoxy groups -OCH3 is 1. The molecule has 9 heteroatoms. The van der Waals surface area contributed by atoms with E-state index in [1.54, 1.807) is 10.6 Å². The fraction of sp³-hybridized carbons (Fsp3) is 0.350. The van der Waals surface area contributed by atoms with E-state index in [0.29, 0.717) is 22.3 Å². The lowest BCUT2D eigenvalue weighted by Crippen LogP contribution is -2.41. The number of halogens is 3. The van der Waals surface area contributed by atoms with E-state index < -0.39 is 11.7 Å². The monoisotopic (exact) mass is 404 g/mol. The van der Waals surface area contributed by atoms with E-state index in [9.17, 15) is 18.0 Å². The van der Waals surface area contributed by atoms with Crippen molar-refractivity contribution in [1.29, 1.82) is 0 Å². The number of hydrogen-bond donors (Lipinski definition) is 1. The quantitative estimate of drug-likeness (QED) is 0.703. The Bertz CT molecular complexity index is 1060. The standard InChI is InChI=1S/C20H19F3N4O2/c1-29-17-8-13(20(21,22)23)5-6-15(17)12-7-16-19(24-9-12)27(11-25-16)10-18(28)26-14-3-2-4-14/h5-9,11,14H,2-4,10H2,1H3,(H,26,28). The highest BCUT2D eigenvalue weighted by atomic mass is 19.4. The van der Waals surface area contributed by atoms with Crippen LogP contribution in [0.4, 0.5) is 13.2 Å². The Kier molecular flexibility index (Phi) is 4.89. The van der Waals surface area contributed by atoms with Gasteiger partial charge in [0.25, 0.3) is 0 Å². The van der Waals surface area contributed by atoms with Gasteiger partial charge in [-0.05, 0) is 43.5 Å². The maximum atomic E-state index is 12.9. The first-order valence-corrected chi connectivity index (χ1v) is 9.21. The van der Waals surface area contributed by atoms with Crippen molar-refractivity contribution in [2.45, 2.75) is 38.0 Å². The minimum atomic E-state index is -4.45. The van der Waals surface area contributed by atoms with Gasteiger partial charge in [0.05, 0.1) is 19.0 Å². The number of imidazole rings is 1. The predicted molar refractivity (Wildman–Crippen MR) is 100 cm³/mol. The first-order valence-electron chi connectivity index (χ1n) is 9.21. The molecule has 2 heterocycles. The molecule has 1 saturated carbocycles. The topological polar surface area (TPSA) is 69.0 Å². The summed E-state index contributed by atoms with van der Waals surface area (Å²) in [6, 6.07) is 5.29. The number of ether oxygens (including phenoxy) is 1. The van der Waals surface area contributed by atoms with Gasteiger partial charge in [-0.25, -0.2) is 9.97 Å². The number of carbonyl (C=O) groups is 1. The molecule has 0 unspecified atom stereocenters. The van der Waals surface area contributed by atoms with Gasteiger partial charge >= 0.3 is 6.18 Å². The highest BCUT2D eigenvalue weighted by Crippen LogP contribution is 2.37. The average Bonchev–Trinajstić information content (AvgIpc) is 3.05. The maximum absolute atomic E-state index is 12.9. The van der Waals surface area contributed by atoms with E-state index in [1.165, 1.54) is 25.7 Å². The molecule has 1 fully saturated rings. The molecule has 1 aliphatic rings. The van der Waals surface area contributed by atoms with Crippen LogP contribution in [0, 0.1) is 0 Å². The van der Waals surface area contributed by atoms with Crippen molar-refractivity contribution in [2.75, 3.05) is 7.11 Å². The Labute approximate surface area is 164 Å². The SMILES string of the molecule is COc1cc(C(F)(F)F)ccc1-c1cnc2c(c1)ncn2CC(=O)NC1CCC1. The van der Waals surface area contributed by atoms with Gasteiger partial charge < -0.3 is 14.6 Å². The third-order valence-electron chi connectivity index (χ3n) is 5.08. The molecule has 1 aromatic carbocycles. The van der Waals surface area contributed by atoms with Crippen molar-refractivity contribution < 1.29 is 22.7 Å². The second-order valence-electron chi connectivity index (χ2n) is 7.05. The van der Waals surface area contributed by atoms with E-state index in [2.05, 4.69) is 15.3 Å². The molecule has 0 spiro atoms. The molecule has 0 atom stereocenters. The molecule has 1 amide bonds. The van der Waals surface area contributed by atoms with E-state index >= 15 is 0 Å². The Morgan fingerprint density at radius 3 is 2.72 bits per heavy atom. The van der Waals surface area contributed by atoms with Crippen LogP contribution in [0.5, 0.6) is 5.75 Å². The zero-order valence-electron chi connectivity index (χ0n) is 15.7. The van der Waals surface area contributed by atoms with Crippen LogP contribution in [0.1, 0.15) is 24.8 Å². The van der Waals surface area contributed by atoms with Gasteiger partial charge in [-0.3, -0.25) is 4.79 Å². The lowest BCUT2D eigenvalue weighted by molar-refractivity contribution is -0.137. The van der Waals surface area contributed by atoms with Crippen molar-refractivity contribution in [3.8, 4) is 16.9 Å². The molecule has 152 valence electrons. The van der Waals surface area contributed by atoms with Crippen molar-refractivity contribution >= 4 is 17.1 Å². The van der Waals surface area contributed by atoms with Crippen LogP contribution in [-0.4, -0.2) is 33.6 Å². The van der Waals surface area contributed by atoms with E-state index in [0.717, 1.165) is 31.4 Å². The molecule has 0 saturated heterocycles. The molecule has 0 aliphatic heterocycles.